The second kappa shape index (κ2) is 5.87. The molecule has 130 valence electrons. The smallest absolute Gasteiger partial charge is 0.213 e. The van der Waals surface area contributed by atoms with Crippen molar-refractivity contribution in [2.45, 2.75) is 25.1 Å². The Morgan fingerprint density at radius 1 is 1.42 bits per heavy atom. The Morgan fingerprint density at radius 2 is 2.17 bits per heavy atom. The Kier molecular flexibility index (Phi) is 4.14. The minimum Gasteiger partial charge on any atom is -0.350 e. The Hall–Kier alpha value is -1.91. The fourth-order valence-corrected chi connectivity index (χ4v) is 3.97. The second-order valence-corrected chi connectivity index (χ2v) is 7.65. The molecule has 1 aromatic heterocycles. The maximum absolute atomic E-state index is 14.4. The summed E-state index contributed by atoms with van der Waals surface area (Å²) in [5.74, 6) is -1.53. The van der Waals surface area contributed by atoms with E-state index in [4.69, 9.17) is 4.74 Å². The topological polar surface area (TPSA) is 77.3 Å². The molecule has 0 amide bonds. The predicted molar refractivity (Wildman–Crippen MR) is 80.2 cm³/mol. The van der Waals surface area contributed by atoms with Crippen molar-refractivity contribution >= 4 is 10.0 Å². The summed E-state index contributed by atoms with van der Waals surface area (Å²) >= 11 is 0. The first-order valence-corrected chi connectivity index (χ1v) is 8.99. The number of hydrogen-bond acceptors (Lipinski definition) is 5. The lowest BCUT2D eigenvalue weighted by molar-refractivity contribution is -0.0274. The van der Waals surface area contributed by atoms with Gasteiger partial charge in [-0.1, -0.05) is 11.3 Å². The highest BCUT2D eigenvalue weighted by atomic mass is 32.2. The fraction of sp³-hybridized carbons (Fsp3) is 0.429. The quantitative estimate of drug-likeness (QED) is 0.818. The predicted octanol–water partition coefficient (Wildman–Crippen LogP) is 1.09. The molecule has 0 saturated carbocycles. The zero-order valence-electron chi connectivity index (χ0n) is 13.1. The summed E-state index contributed by atoms with van der Waals surface area (Å²) in [6.45, 7) is 1.42. The lowest BCUT2D eigenvalue weighted by Crippen LogP contribution is -2.46. The van der Waals surface area contributed by atoms with E-state index in [9.17, 15) is 17.2 Å². The Balaban J connectivity index is 2.12. The summed E-state index contributed by atoms with van der Waals surface area (Å²) in [4.78, 5) is 0. The molecule has 3 rings (SSSR count). The number of benzene rings is 1. The fourth-order valence-electron chi connectivity index (χ4n) is 2.98. The van der Waals surface area contributed by atoms with Crippen LogP contribution in [0.5, 0.6) is 0 Å². The molecular formula is C14H16F2N4O3S. The van der Waals surface area contributed by atoms with Gasteiger partial charge in [0.1, 0.15) is 24.0 Å². The lowest BCUT2D eigenvalue weighted by Gasteiger charge is -2.33. The van der Waals surface area contributed by atoms with Crippen molar-refractivity contribution in [2.24, 2.45) is 0 Å². The first kappa shape index (κ1) is 16.9. The van der Waals surface area contributed by atoms with Gasteiger partial charge in [-0.05, 0) is 13.0 Å². The maximum Gasteiger partial charge on any atom is 0.213 e. The average molecular weight is 358 g/mol. The molecule has 0 spiro atoms. The van der Waals surface area contributed by atoms with E-state index >= 15 is 0 Å². The summed E-state index contributed by atoms with van der Waals surface area (Å²) in [7, 11) is -3.56. The molecule has 0 unspecified atom stereocenters. The molecule has 2 aromatic rings. The summed E-state index contributed by atoms with van der Waals surface area (Å²) in [6, 6.07) is 2.40. The molecule has 0 bridgehead atoms. The van der Waals surface area contributed by atoms with E-state index in [1.54, 1.807) is 13.1 Å². The molecule has 2 atom stereocenters. The highest BCUT2D eigenvalue weighted by Gasteiger charge is 2.52. The van der Waals surface area contributed by atoms with E-state index in [0.29, 0.717) is 0 Å². The van der Waals surface area contributed by atoms with Crippen LogP contribution in [0, 0.1) is 11.6 Å². The molecule has 1 aromatic carbocycles. The molecule has 1 aliphatic heterocycles. The van der Waals surface area contributed by atoms with Gasteiger partial charge in [0.2, 0.25) is 10.0 Å². The van der Waals surface area contributed by atoms with Crippen LogP contribution in [-0.2, 0) is 26.9 Å². The van der Waals surface area contributed by atoms with Crippen LogP contribution < -0.4 is 0 Å². The summed E-state index contributed by atoms with van der Waals surface area (Å²) < 4.78 is 60.0. The van der Waals surface area contributed by atoms with Gasteiger partial charge in [-0.3, -0.25) is 0 Å². The Labute approximate surface area is 137 Å². The third kappa shape index (κ3) is 2.80. The van der Waals surface area contributed by atoms with Crippen molar-refractivity contribution in [3.8, 4) is 0 Å². The number of nitrogens with zero attached hydrogens (tertiary/aromatic N) is 4. The molecular weight excluding hydrogens is 342 g/mol. The molecule has 0 radical (unpaired) electrons. The van der Waals surface area contributed by atoms with E-state index in [1.165, 1.54) is 16.9 Å². The minimum atomic E-state index is -3.56. The van der Waals surface area contributed by atoms with Crippen molar-refractivity contribution in [3.63, 3.8) is 0 Å². The molecule has 0 aliphatic carbocycles. The van der Waals surface area contributed by atoms with Crippen molar-refractivity contribution in [2.75, 3.05) is 13.0 Å². The van der Waals surface area contributed by atoms with Gasteiger partial charge >= 0.3 is 0 Å². The van der Waals surface area contributed by atoms with Crippen molar-refractivity contribution in [3.05, 3.63) is 47.8 Å². The standard InChI is InChI=1S/C14H16F2N4O3S/c1-10-14(8-19-6-5-17-18-19,23-9-20(10)24(2,21)22)12-4-3-11(15)7-13(12)16/h3-7,10H,8-9H2,1-2H3/t10-,14-/m1/s1. The van der Waals surface area contributed by atoms with Gasteiger partial charge < -0.3 is 4.74 Å². The minimum absolute atomic E-state index is 0.0305. The van der Waals surface area contributed by atoms with Gasteiger partial charge in [0.05, 0.1) is 25.0 Å². The summed E-state index contributed by atoms with van der Waals surface area (Å²) in [5.41, 5.74) is -1.28. The largest absolute Gasteiger partial charge is 0.350 e. The molecule has 0 N–H and O–H groups in total. The van der Waals surface area contributed by atoms with Gasteiger partial charge in [-0.25, -0.2) is 21.9 Å². The molecule has 1 fully saturated rings. The zero-order chi connectivity index (χ0) is 17.5. The van der Waals surface area contributed by atoms with Crippen LogP contribution >= 0.6 is 0 Å². The average Bonchev–Trinajstić information content (AvgIpc) is 3.08. The first-order chi connectivity index (χ1) is 11.2. The highest BCUT2D eigenvalue weighted by Crippen LogP contribution is 2.41. The highest BCUT2D eigenvalue weighted by molar-refractivity contribution is 7.88. The van der Waals surface area contributed by atoms with Crippen LogP contribution in [0.3, 0.4) is 0 Å². The van der Waals surface area contributed by atoms with Gasteiger partial charge in [0, 0.05) is 17.8 Å². The first-order valence-electron chi connectivity index (χ1n) is 7.14. The van der Waals surface area contributed by atoms with Crippen LogP contribution in [0.2, 0.25) is 0 Å². The van der Waals surface area contributed by atoms with Crippen LogP contribution in [-0.4, -0.2) is 46.7 Å². The van der Waals surface area contributed by atoms with Gasteiger partial charge in [0.25, 0.3) is 0 Å². The van der Waals surface area contributed by atoms with Gasteiger partial charge in [-0.15, -0.1) is 5.10 Å². The second-order valence-electron chi connectivity index (χ2n) is 5.71. The number of sulfonamides is 1. The van der Waals surface area contributed by atoms with Crippen LogP contribution in [0.1, 0.15) is 12.5 Å². The summed E-state index contributed by atoms with van der Waals surface area (Å²) in [5, 5.41) is 7.53. The molecule has 10 heteroatoms. The zero-order valence-corrected chi connectivity index (χ0v) is 13.9. The van der Waals surface area contributed by atoms with Gasteiger partial charge in [0.15, 0.2) is 0 Å². The van der Waals surface area contributed by atoms with E-state index in [2.05, 4.69) is 10.3 Å². The monoisotopic (exact) mass is 358 g/mol. The number of hydrogen-bond donors (Lipinski definition) is 0. The normalized spacial score (nSPS) is 25.2. The van der Waals surface area contributed by atoms with E-state index < -0.39 is 33.3 Å². The number of halogens is 2. The lowest BCUT2D eigenvalue weighted by atomic mass is 9.87. The third-order valence-electron chi connectivity index (χ3n) is 4.24. The van der Waals surface area contributed by atoms with E-state index in [-0.39, 0.29) is 18.8 Å². The number of aromatic nitrogens is 3. The Morgan fingerprint density at radius 3 is 2.71 bits per heavy atom. The molecule has 24 heavy (non-hydrogen) atoms. The van der Waals surface area contributed by atoms with Crippen molar-refractivity contribution < 1.29 is 21.9 Å². The SMILES string of the molecule is C[C@H]1N(S(C)(=O)=O)CO[C@@]1(Cn1ccnn1)c1ccc(F)cc1F. The maximum atomic E-state index is 14.4. The molecule has 1 aliphatic rings. The number of rotatable bonds is 4. The molecule has 1 saturated heterocycles. The third-order valence-corrected chi connectivity index (χ3v) is 5.51. The van der Waals surface area contributed by atoms with E-state index in [1.807, 2.05) is 0 Å². The van der Waals surface area contributed by atoms with Crippen LogP contribution in [0.4, 0.5) is 8.78 Å². The van der Waals surface area contributed by atoms with Crippen molar-refractivity contribution in [1.82, 2.24) is 19.3 Å². The van der Waals surface area contributed by atoms with Gasteiger partial charge in [-0.2, -0.15) is 4.31 Å². The van der Waals surface area contributed by atoms with Crippen LogP contribution in [0.15, 0.2) is 30.6 Å². The van der Waals surface area contributed by atoms with E-state index in [0.717, 1.165) is 22.7 Å². The Bertz CT molecular complexity index is 844. The van der Waals surface area contributed by atoms with Crippen LogP contribution in [0.25, 0.3) is 0 Å². The number of ether oxygens (including phenoxy) is 1. The summed E-state index contributed by atoms with van der Waals surface area (Å²) in [6.07, 6.45) is 4.06. The molecule has 7 nitrogen and oxygen atoms in total. The molecule has 2 heterocycles. The van der Waals surface area contributed by atoms with Crippen molar-refractivity contribution in [1.29, 1.82) is 0 Å².